The van der Waals surface area contributed by atoms with Crippen molar-refractivity contribution >= 4 is 17.5 Å². The van der Waals surface area contributed by atoms with Crippen molar-refractivity contribution in [2.45, 2.75) is 71.3 Å². The van der Waals surface area contributed by atoms with E-state index in [0.29, 0.717) is 12.1 Å². The molecular formula is C22H29ClF4N4O. The topological polar surface area (TPSA) is 59.0 Å². The van der Waals surface area contributed by atoms with Gasteiger partial charge >= 0.3 is 6.18 Å². The van der Waals surface area contributed by atoms with Crippen LogP contribution < -0.4 is 10.6 Å². The number of rotatable bonds is 12. The van der Waals surface area contributed by atoms with Gasteiger partial charge in [-0.05, 0) is 30.5 Å². The second-order valence-corrected chi connectivity index (χ2v) is 8.06. The molecule has 1 amide bonds. The first-order valence-electron chi connectivity index (χ1n) is 10.7. The fourth-order valence-corrected chi connectivity index (χ4v) is 3.80. The van der Waals surface area contributed by atoms with Crippen LogP contribution in [0.4, 0.5) is 17.6 Å². The Balaban J connectivity index is 2.02. The van der Waals surface area contributed by atoms with E-state index in [0.717, 1.165) is 42.6 Å². The molecule has 0 bridgehead atoms. The van der Waals surface area contributed by atoms with E-state index in [1.54, 1.807) is 0 Å². The van der Waals surface area contributed by atoms with E-state index in [1.807, 2.05) is 0 Å². The molecule has 0 aliphatic rings. The van der Waals surface area contributed by atoms with Crippen LogP contribution in [0.5, 0.6) is 0 Å². The zero-order valence-electron chi connectivity index (χ0n) is 18.2. The quantitative estimate of drug-likeness (QED) is 0.418. The Morgan fingerprint density at radius 2 is 1.88 bits per heavy atom. The summed E-state index contributed by atoms with van der Waals surface area (Å²) in [6.45, 7) is 4.52. The van der Waals surface area contributed by atoms with Crippen LogP contribution in [0.15, 0.2) is 24.4 Å². The Hall–Kier alpha value is -2.13. The van der Waals surface area contributed by atoms with Crippen molar-refractivity contribution in [3.8, 4) is 0 Å². The van der Waals surface area contributed by atoms with Gasteiger partial charge in [0.05, 0.1) is 19.2 Å². The number of carbonyl (C=O) groups is 1. The van der Waals surface area contributed by atoms with Crippen molar-refractivity contribution in [2.24, 2.45) is 0 Å². The molecule has 1 aromatic carbocycles. The summed E-state index contributed by atoms with van der Waals surface area (Å²) in [5, 5.41) is 9.83. The van der Waals surface area contributed by atoms with Crippen molar-refractivity contribution in [2.75, 3.05) is 6.54 Å². The second kappa shape index (κ2) is 12.2. The average Bonchev–Trinajstić information content (AvgIpc) is 3.10. The Kier molecular flexibility index (Phi) is 9.96. The summed E-state index contributed by atoms with van der Waals surface area (Å²) in [6.07, 6.45) is -0.118. The lowest BCUT2D eigenvalue weighted by atomic mass is 10.1. The number of nitrogens with zero attached hydrogens (tertiary/aromatic N) is 2. The zero-order chi connectivity index (χ0) is 23.7. The summed E-state index contributed by atoms with van der Waals surface area (Å²) in [6, 6.07) is 3.97. The summed E-state index contributed by atoms with van der Waals surface area (Å²) < 4.78 is 55.1. The fourth-order valence-electron chi connectivity index (χ4n) is 3.57. The molecular weight excluding hydrogens is 448 g/mol. The maximum atomic E-state index is 13.7. The average molecular weight is 477 g/mol. The Labute approximate surface area is 190 Å². The molecule has 0 saturated carbocycles. The lowest BCUT2D eigenvalue weighted by Crippen LogP contribution is -2.33. The second-order valence-electron chi connectivity index (χ2n) is 7.66. The third kappa shape index (κ3) is 7.78. The summed E-state index contributed by atoms with van der Waals surface area (Å²) in [5.41, 5.74) is -0.649. The Morgan fingerprint density at radius 1 is 1.19 bits per heavy atom. The van der Waals surface area contributed by atoms with E-state index in [2.05, 4.69) is 29.6 Å². The standard InChI is InChI=1S/C22H29ClF4N4O/c1-3-5-18(6-4-2)28-9-10-31-21(22(25,26)27)16(14-30-31)11-20(32)29-13-15-7-8-17(24)12-19(15)23/h7-8,12,14,18,28H,3-6,9-11,13H2,1-2H3,(H,29,32). The van der Waals surface area contributed by atoms with Gasteiger partial charge in [-0.2, -0.15) is 18.3 Å². The van der Waals surface area contributed by atoms with Crippen molar-refractivity contribution in [1.29, 1.82) is 0 Å². The van der Waals surface area contributed by atoms with Gasteiger partial charge in [-0.1, -0.05) is 44.4 Å². The number of amides is 1. The first-order chi connectivity index (χ1) is 15.2. The first-order valence-corrected chi connectivity index (χ1v) is 11.1. The highest BCUT2D eigenvalue weighted by Gasteiger charge is 2.38. The largest absolute Gasteiger partial charge is 0.433 e. The van der Waals surface area contributed by atoms with E-state index in [4.69, 9.17) is 11.6 Å². The summed E-state index contributed by atoms with van der Waals surface area (Å²) in [5.74, 6) is -1.13. The van der Waals surface area contributed by atoms with Crippen molar-refractivity contribution in [3.63, 3.8) is 0 Å². The van der Waals surface area contributed by atoms with Crippen LogP contribution in [-0.4, -0.2) is 28.3 Å². The van der Waals surface area contributed by atoms with Gasteiger partial charge in [-0.25, -0.2) is 4.39 Å². The number of nitrogens with one attached hydrogen (secondary N) is 2. The zero-order valence-corrected chi connectivity index (χ0v) is 19.0. The van der Waals surface area contributed by atoms with E-state index in [-0.39, 0.29) is 29.7 Å². The van der Waals surface area contributed by atoms with Crippen LogP contribution >= 0.6 is 11.6 Å². The van der Waals surface area contributed by atoms with Gasteiger partial charge in [0.25, 0.3) is 0 Å². The number of carbonyl (C=O) groups excluding carboxylic acids is 1. The van der Waals surface area contributed by atoms with E-state index < -0.39 is 30.0 Å². The molecule has 0 saturated heterocycles. The minimum Gasteiger partial charge on any atom is -0.352 e. The monoisotopic (exact) mass is 476 g/mol. The van der Waals surface area contributed by atoms with Gasteiger partial charge in [0, 0.05) is 29.7 Å². The lowest BCUT2D eigenvalue weighted by molar-refractivity contribution is -0.144. The van der Waals surface area contributed by atoms with Crippen LogP contribution in [0, 0.1) is 5.82 Å². The smallest absolute Gasteiger partial charge is 0.352 e. The maximum Gasteiger partial charge on any atom is 0.433 e. The third-order valence-corrected chi connectivity index (χ3v) is 5.41. The summed E-state index contributed by atoms with van der Waals surface area (Å²) >= 11 is 5.91. The molecule has 0 radical (unpaired) electrons. The molecule has 1 aromatic heterocycles. The Morgan fingerprint density at radius 3 is 2.47 bits per heavy atom. The molecule has 0 aliphatic carbocycles. The predicted molar refractivity (Wildman–Crippen MR) is 116 cm³/mol. The van der Waals surface area contributed by atoms with Gasteiger partial charge in [0.1, 0.15) is 11.5 Å². The van der Waals surface area contributed by atoms with Crippen molar-refractivity contribution in [3.05, 3.63) is 52.1 Å². The number of benzene rings is 1. The molecule has 10 heteroatoms. The number of hydrogen-bond donors (Lipinski definition) is 2. The van der Waals surface area contributed by atoms with Gasteiger partial charge in [-0.3, -0.25) is 9.48 Å². The van der Waals surface area contributed by atoms with Crippen LogP contribution in [0.3, 0.4) is 0 Å². The molecule has 2 rings (SSSR count). The van der Waals surface area contributed by atoms with E-state index in [1.165, 1.54) is 12.1 Å². The molecule has 1 heterocycles. The molecule has 2 aromatic rings. The third-order valence-electron chi connectivity index (χ3n) is 5.06. The van der Waals surface area contributed by atoms with Crippen LogP contribution in [-0.2, 0) is 30.5 Å². The maximum absolute atomic E-state index is 13.7. The molecule has 32 heavy (non-hydrogen) atoms. The SMILES string of the molecule is CCCC(CCC)NCCn1ncc(CC(=O)NCc2ccc(F)cc2Cl)c1C(F)(F)F. The highest BCUT2D eigenvalue weighted by molar-refractivity contribution is 6.31. The minimum absolute atomic E-state index is 0.0202. The van der Waals surface area contributed by atoms with Crippen LogP contribution in [0.2, 0.25) is 5.02 Å². The molecule has 2 N–H and O–H groups in total. The molecule has 5 nitrogen and oxygen atoms in total. The van der Waals surface area contributed by atoms with Gasteiger partial charge in [0.2, 0.25) is 5.91 Å². The lowest BCUT2D eigenvalue weighted by Gasteiger charge is -2.18. The number of halogens is 5. The predicted octanol–water partition coefficient (Wildman–Crippen LogP) is 5.11. The molecule has 0 spiro atoms. The molecule has 0 atom stereocenters. The molecule has 178 valence electrons. The van der Waals surface area contributed by atoms with Gasteiger partial charge < -0.3 is 10.6 Å². The number of hydrogen-bond acceptors (Lipinski definition) is 3. The van der Waals surface area contributed by atoms with Crippen molar-refractivity contribution < 1.29 is 22.4 Å². The number of alkyl halides is 3. The van der Waals surface area contributed by atoms with Crippen LogP contribution in [0.25, 0.3) is 0 Å². The normalized spacial score (nSPS) is 11.9. The van der Waals surface area contributed by atoms with E-state index >= 15 is 0 Å². The summed E-state index contributed by atoms with van der Waals surface area (Å²) in [7, 11) is 0. The molecule has 0 unspecified atom stereocenters. The van der Waals surface area contributed by atoms with Crippen LogP contribution in [0.1, 0.15) is 56.4 Å². The highest BCUT2D eigenvalue weighted by Crippen LogP contribution is 2.32. The first kappa shape index (κ1) is 26.1. The minimum atomic E-state index is -4.64. The fraction of sp³-hybridized carbons (Fsp3) is 0.545. The molecule has 0 aliphatic heterocycles. The van der Waals surface area contributed by atoms with Gasteiger partial charge in [0.15, 0.2) is 0 Å². The Bertz CT molecular complexity index is 879. The molecule has 0 fully saturated rings. The number of aromatic nitrogens is 2. The van der Waals surface area contributed by atoms with Crippen molar-refractivity contribution in [1.82, 2.24) is 20.4 Å². The highest BCUT2D eigenvalue weighted by atomic mass is 35.5. The van der Waals surface area contributed by atoms with E-state index in [9.17, 15) is 22.4 Å². The van der Waals surface area contributed by atoms with Gasteiger partial charge in [-0.15, -0.1) is 0 Å². The summed E-state index contributed by atoms with van der Waals surface area (Å²) in [4.78, 5) is 12.3.